The second-order valence-electron chi connectivity index (χ2n) is 5.98. The Morgan fingerprint density at radius 3 is 2.35 bits per heavy atom. The first-order valence-corrected chi connectivity index (χ1v) is 9.54. The maximum absolute atomic E-state index is 12.3. The topological polar surface area (TPSA) is 107 Å². The standard InChI is InChI=1S/C18H18N2O5S/c19-26(23,24)16-7-5-14(6-8-16)18(22)25-12-17(21)20-10-9-13-3-1-2-4-15(13)11-20/h1-8H,9-12H2,(H2,19,23,24). The van der Waals surface area contributed by atoms with E-state index in [9.17, 15) is 18.0 Å². The van der Waals surface area contributed by atoms with Crippen LogP contribution in [0.2, 0.25) is 0 Å². The summed E-state index contributed by atoms with van der Waals surface area (Å²) in [5.41, 5.74) is 2.47. The maximum Gasteiger partial charge on any atom is 0.338 e. The van der Waals surface area contributed by atoms with Gasteiger partial charge >= 0.3 is 5.97 Å². The number of rotatable bonds is 4. The van der Waals surface area contributed by atoms with Gasteiger partial charge in [-0.1, -0.05) is 24.3 Å². The molecule has 8 heteroatoms. The zero-order valence-corrected chi connectivity index (χ0v) is 14.7. The summed E-state index contributed by atoms with van der Waals surface area (Å²) in [6, 6.07) is 12.9. The van der Waals surface area contributed by atoms with Crippen molar-refractivity contribution in [3.05, 3.63) is 65.2 Å². The van der Waals surface area contributed by atoms with Crippen LogP contribution in [0.3, 0.4) is 0 Å². The van der Waals surface area contributed by atoms with Crippen LogP contribution < -0.4 is 5.14 Å². The molecule has 0 aromatic heterocycles. The summed E-state index contributed by atoms with van der Waals surface area (Å²) in [7, 11) is -3.82. The number of carbonyl (C=O) groups is 2. The third-order valence-electron chi connectivity index (χ3n) is 4.23. The smallest absolute Gasteiger partial charge is 0.338 e. The molecule has 0 fully saturated rings. The Bertz CT molecular complexity index is 938. The molecule has 3 rings (SSSR count). The Labute approximate surface area is 151 Å². The van der Waals surface area contributed by atoms with Gasteiger partial charge in [-0.05, 0) is 41.8 Å². The Kier molecular flexibility index (Phi) is 5.06. The molecule has 0 bridgehead atoms. The first kappa shape index (κ1) is 18.1. The number of hydrogen-bond acceptors (Lipinski definition) is 5. The molecule has 0 unspecified atom stereocenters. The highest BCUT2D eigenvalue weighted by Gasteiger charge is 2.21. The summed E-state index contributed by atoms with van der Waals surface area (Å²) < 4.78 is 27.5. The summed E-state index contributed by atoms with van der Waals surface area (Å²) in [6.45, 7) is 0.712. The van der Waals surface area contributed by atoms with Crippen LogP contribution in [0.15, 0.2) is 53.4 Å². The number of carbonyl (C=O) groups excluding carboxylic acids is 2. The van der Waals surface area contributed by atoms with Gasteiger partial charge in [0, 0.05) is 13.1 Å². The number of hydrogen-bond donors (Lipinski definition) is 1. The number of nitrogens with zero attached hydrogens (tertiary/aromatic N) is 1. The van der Waals surface area contributed by atoms with Crippen molar-refractivity contribution in [1.29, 1.82) is 0 Å². The van der Waals surface area contributed by atoms with E-state index in [-0.39, 0.29) is 23.0 Å². The monoisotopic (exact) mass is 374 g/mol. The van der Waals surface area contributed by atoms with Gasteiger partial charge in [0.2, 0.25) is 10.0 Å². The first-order valence-electron chi connectivity index (χ1n) is 7.99. The molecule has 136 valence electrons. The maximum atomic E-state index is 12.3. The molecule has 0 atom stereocenters. The molecule has 7 nitrogen and oxygen atoms in total. The molecule has 2 aromatic rings. The van der Waals surface area contributed by atoms with Crippen LogP contribution in [0.25, 0.3) is 0 Å². The van der Waals surface area contributed by atoms with Gasteiger partial charge in [0.25, 0.3) is 5.91 Å². The van der Waals surface area contributed by atoms with Crippen LogP contribution in [0, 0.1) is 0 Å². The van der Waals surface area contributed by atoms with Crippen molar-refractivity contribution in [2.45, 2.75) is 17.9 Å². The molecule has 1 aliphatic heterocycles. The van der Waals surface area contributed by atoms with Crippen molar-refractivity contribution in [3.8, 4) is 0 Å². The normalized spacial score (nSPS) is 13.8. The number of amides is 1. The highest BCUT2D eigenvalue weighted by molar-refractivity contribution is 7.89. The van der Waals surface area contributed by atoms with Crippen LogP contribution in [-0.4, -0.2) is 38.3 Å². The zero-order valence-electron chi connectivity index (χ0n) is 13.9. The lowest BCUT2D eigenvalue weighted by atomic mass is 10.00. The number of nitrogens with two attached hydrogens (primary N) is 1. The molecule has 0 radical (unpaired) electrons. The highest BCUT2D eigenvalue weighted by Crippen LogP contribution is 2.18. The second kappa shape index (κ2) is 7.27. The van der Waals surface area contributed by atoms with Gasteiger partial charge in [0.15, 0.2) is 6.61 Å². The quantitative estimate of drug-likeness (QED) is 0.806. The fourth-order valence-electron chi connectivity index (χ4n) is 2.79. The highest BCUT2D eigenvalue weighted by atomic mass is 32.2. The minimum Gasteiger partial charge on any atom is -0.452 e. The van der Waals surface area contributed by atoms with E-state index in [0.29, 0.717) is 13.1 Å². The largest absolute Gasteiger partial charge is 0.452 e. The molecule has 2 N–H and O–H groups in total. The van der Waals surface area contributed by atoms with E-state index in [1.807, 2.05) is 24.3 Å². The number of primary sulfonamides is 1. The van der Waals surface area contributed by atoms with Crippen molar-refractivity contribution < 1.29 is 22.7 Å². The number of ether oxygens (including phenoxy) is 1. The predicted molar refractivity (Wildman–Crippen MR) is 93.7 cm³/mol. The van der Waals surface area contributed by atoms with Crippen LogP contribution in [0.1, 0.15) is 21.5 Å². The van der Waals surface area contributed by atoms with E-state index in [1.165, 1.54) is 29.8 Å². The van der Waals surface area contributed by atoms with Crippen molar-refractivity contribution in [2.24, 2.45) is 5.14 Å². The van der Waals surface area contributed by atoms with Crippen LogP contribution in [0.5, 0.6) is 0 Å². The Morgan fingerprint density at radius 2 is 1.69 bits per heavy atom. The zero-order chi connectivity index (χ0) is 18.7. The summed E-state index contributed by atoms with van der Waals surface area (Å²) in [4.78, 5) is 25.9. The molecule has 0 spiro atoms. The van der Waals surface area contributed by atoms with Gasteiger partial charge in [-0.3, -0.25) is 4.79 Å². The van der Waals surface area contributed by atoms with Gasteiger partial charge in [-0.25, -0.2) is 18.4 Å². The van der Waals surface area contributed by atoms with Gasteiger partial charge in [-0.15, -0.1) is 0 Å². The summed E-state index contributed by atoms with van der Waals surface area (Å²) in [5, 5.41) is 5.00. The van der Waals surface area contributed by atoms with Crippen LogP contribution >= 0.6 is 0 Å². The summed E-state index contributed by atoms with van der Waals surface area (Å²) in [5.74, 6) is -0.967. The molecule has 26 heavy (non-hydrogen) atoms. The van der Waals surface area contributed by atoms with Gasteiger partial charge in [-0.2, -0.15) is 0 Å². The van der Waals surface area contributed by atoms with E-state index in [2.05, 4.69) is 0 Å². The lowest BCUT2D eigenvalue weighted by molar-refractivity contribution is -0.135. The van der Waals surface area contributed by atoms with Gasteiger partial charge < -0.3 is 9.64 Å². The van der Waals surface area contributed by atoms with Gasteiger partial charge in [0.05, 0.1) is 10.5 Å². The molecule has 1 amide bonds. The minimum absolute atomic E-state index is 0.0999. The molecule has 2 aromatic carbocycles. The minimum atomic E-state index is -3.82. The number of fused-ring (bicyclic) bond motifs is 1. The summed E-state index contributed by atoms with van der Waals surface area (Å²) in [6.07, 6.45) is 0.769. The molecular formula is C18H18N2O5S. The molecule has 0 aliphatic carbocycles. The average molecular weight is 374 g/mol. The van der Waals surface area contributed by atoms with Crippen LogP contribution in [-0.2, 0) is 32.5 Å². The number of esters is 1. The Morgan fingerprint density at radius 1 is 1.04 bits per heavy atom. The van der Waals surface area contributed by atoms with Crippen molar-refractivity contribution in [2.75, 3.05) is 13.2 Å². The van der Waals surface area contributed by atoms with E-state index < -0.39 is 16.0 Å². The lowest BCUT2D eigenvalue weighted by Crippen LogP contribution is -2.38. The molecule has 1 heterocycles. The van der Waals surface area contributed by atoms with Crippen molar-refractivity contribution in [3.63, 3.8) is 0 Å². The number of benzene rings is 2. The van der Waals surface area contributed by atoms with E-state index in [1.54, 1.807) is 4.90 Å². The third-order valence-corrected chi connectivity index (χ3v) is 5.16. The number of sulfonamides is 1. The van der Waals surface area contributed by atoms with Crippen molar-refractivity contribution in [1.82, 2.24) is 4.90 Å². The third kappa shape index (κ3) is 4.09. The Balaban J connectivity index is 1.57. The van der Waals surface area contributed by atoms with E-state index >= 15 is 0 Å². The molecule has 0 saturated carbocycles. The fourth-order valence-corrected chi connectivity index (χ4v) is 3.31. The fraction of sp³-hybridized carbons (Fsp3) is 0.222. The van der Waals surface area contributed by atoms with Crippen molar-refractivity contribution >= 4 is 21.9 Å². The van der Waals surface area contributed by atoms with E-state index in [0.717, 1.165) is 12.0 Å². The average Bonchev–Trinajstić information content (AvgIpc) is 2.64. The molecular weight excluding hydrogens is 356 g/mol. The SMILES string of the molecule is NS(=O)(=O)c1ccc(C(=O)OCC(=O)N2CCc3ccccc3C2)cc1. The molecule has 0 saturated heterocycles. The Hall–Kier alpha value is -2.71. The lowest BCUT2D eigenvalue weighted by Gasteiger charge is -2.28. The second-order valence-corrected chi connectivity index (χ2v) is 7.54. The molecule has 1 aliphatic rings. The summed E-state index contributed by atoms with van der Waals surface area (Å²) >= 11 is 0. The van der Waals surface area contributed by atoms with E-state index in [4.69, 9.17) is 9.88 Å². The predicted octanol–water partition coefficient (Wildman–Crippen LogP) is 1.08. The first-order chi connectivity index (χ1) is 12.3. The van der Waals surface area contributed by atoms with Crippen LogP contribution in [0.4, 0.5) is 0 Å². The van der Waals surface area contributed by atoms with Gasteiger partial charge in [0.1, 0.15) is 0 Å².